The smallest absolute Gasteiger partial charge is 0.226 e. The summed E-state index contributed by atoms with van der Waals surface area (Å²) in [4.78, 5) is 12.1. The second-order valence-electron chi connectivity index (χ2n) is 6.25. The highest BCUT2D eigenvalue weighted by Gasteiger charge is 2.15. The molecule has 1 aliphatic carbocycles. The predicted molar refractivity (Wildman–Crippen MR) is 93.6 cm³/mol. The number of carbonyl (C=O) groups is 1. The number of anilines is 1. The number of hydrogen-bond acceptors (Lipinski definition) is 4. The van der Waals surface area contributed by atoms with E-state index in [-0.39, 0.29) is 5.91 Å². The summed E-state index contributed by atoms with van der Waals surface area (Å²) in [5.41, 5.74) is 1.21. The Morgan fingerprint density at radius 2 is 1.91 bits per heavy atom. The maximum atomic E-state index is 12.1. The Morgan fingerprint density at radius 3 is 2.70 bits per heavy atom. The van der Waals surface area contributed by atoms with Gasteiger partial charge >= 0.3 is 0 Å². The molecule has 1 amide bonds. The highest BCUT2D eigenvalue weighted by atomic mass is 32.1. The van der Waals surface area contributed by atoms with E-state index in [1.165, 1.54) is 49.0 Å². The van der Waals surface area contributed by atoms with Gasteiger partial charge in [-0.3, -0.25) is 4.79 Å². The van der Waals surface area contributed by atoms with Gasteiger partial charge < -0.3 is 5.32 Å². The van der Waals surface area contributed by atoms with Crippen molar-refractivity contribution in [3.63, 3.8) is 0 Å². The Morgan fingerprint density at radius 1 is 1.13 bits per heavy atom. The van der Waals surface area contributed by atoms with Crippen LogP contribution in [0.4, 0.5) is 5.13 Å². The number of rotatable bonds is 6. The number of carbonyl (C=O) groups excluding carboxylic acids is 1. The van der Waals surface area contributed by atoms with Crippen LogP contribution in [0.1, 0.15) is 55.5 Å². The average Bonchev–Trinajstić information content (AvgIpc) is 3.02. The lowest BCUT2D eigenvalue weighted by molar-refractivity contribution is -0.116. The monoisotopic (exact) mass is 329 g/mol. The molecule has 1 aromatic carbocycles. The zero-order valence-electron chi connectivity index (χ0n) is 13.3. The van der Waals surface area contributed by atoms with Gasteiger partial charge in [0.2, 0.25) is 11.0 Å². The fourth-order valence-electron chi connectivity index (χ4n) is 3.14. The molecule has 0 radical (unpaired) electrons. The van der Waals surface area contributed by atoms with E-state index in [1.807, 2.05) is 18.2 Å². The van der Waals surface area contributed by atoms with Crippen molar-refractivity contribution in [1.82, 2.24) is 10.2 Å². The van der Waals surface area contributed by atoms with E-state index in [9.17, 15) is 4.79 Å². The minimum atomic E-state index is 0.0676. The molecule has 1 saturated carbocycles. The van der Waals surface area contributed by atoms with Crippen LogP contribution in [0, 0.1) is 5.92 Å². The fraction of sp³-hybridized carbons (Fsp3) is 0.500. The van der Waals surface area contributed by atoms with Crippen molar-refractivity contribution in [1.29, 1.82) is 0 Å². The average molecular weight is 329 g/mol. The maximum Gasteiger partial charge on any atom is 0.226 e. The Bertz CT molecular complexity index is 620. The lowest BCUT2D eigenvalue weighted by Crippen LogP contribution is -2.14. The molecule has 0 atom stereocenters. The highest BCUT2D eigenvalue weighted by Crippen LogP contribution is 2.27. The van der Waals surface area contributed by atoms with Crippen LogP contribution >= 0.6 is 11.3 Å². The first kappa shape index (κ1) is 16.1. The van der Waals surface area contributed by atoms with Crippen molar-refractivity contribution < 1.29 is 4.79 Å². The number of nitrogens with one attached hydrogen (secondary N) is 1. The number of aromatic nitrogens is 2. The van der Waals surface area contributed by atoms with Gasteiger partial charge in [-0.15, -0.1) is 10.2 Å². The van der Waals surface area contributed by atoms with Crippen LogP contribution in [0.15, 0.2) is 30.3 Å². The third kappa shape index (κ3) is 5.13. The van der Waals surface area contributed by atoms with Gasteiger partial charge in [-0.05, 0) is 17.9 Å². The highest BCUT2D eigenvalue weighted by molar-refractivity contribution is 7.15. The van der Waals surface area contributed by atoms with Crippen LogP contribution < -0.4 is 5.32 Å². The van der Waals surface area contributed by atoms with E-state index in [2.05, 4.69) is 27.6 Å². The van der Waals surface area contributed by atoms with E-state index in [4.69, 9.17) is 0 Å². The maximum absolute atomic E-state index is 12.1. The minimum absolute atomic E-state index is 0.0676. The van der Waals surface area contributed by atoms with E-state index < -0.39 is 0 Å². The van der Waals surface area contributed by atoms with Gasteiger partial charge in [0.25, 0.3) is 0 Å². The molecule has 23 heavy (non-hydrogen) atoms. The topological polar surface area (TPSA) is 54.9 Å². The molecule has 0 unspecified atom stereocenters. The fourth-order valence-corrected chi connectivity index (χ4v) is 3.93. The SMILES string of the molecule is O=C(CCC1CCCCC1)Nc1nnc(Cc2ccccc2)s1. The number of benzene rings is 1. The van der Waals surface area contributed by atoms with Gasteiger partial charge in [-0.1, -0.05) is 73.8 Å². The molecular weight excluding hydrogens is 306 g/mol. The summed E-state index contributed by atoms with van der Waals surface area (Å²) in [6.45, 7) is 0. The predicted octanol–water partition coefficient (Wildman–Crippen LogP) is 4.43. The van der Waals surface area contributed by atoms with Crippen molar-refractivity contribution in [2.75, 3.05) is 5.32 Å². The van der Waals surface area contributed by atoms with Crippen LogP contribution in [-0.2, 0) is 11.2 Å². The molecule has 0 spiro atoms. The summed E-state index contributed by atoms with van der Waals surface area (Å²) in [5.74, 6) is 0.801. The molecule has 3 rings (SSSR count). The quantitative estimate of drug-likeness (QED) is 0.853. The van der Waals surface area contributed by atoms with Crippen LogP contribution in [0.3, 0.4) is 0 Å². The molecule has 1 fully saturated rings. The zero-order valence-corrected chi connectivity index (χ0v) is 14.1. The van der Waals surface area contributed by atoms with Crippen molar-refractivity contribution >= 4 is 22.4 Å². The molecular formula is C18H23N3OS. The van der Waals surface area contributed by atoms with Gasteiger partial charge in [-0.25, -0.2) is 0 Å². The summed E-state index contributed by atoms with van der Waals surface area (Å²) in [6.07, 6.45) is 8.94. The molecule has 4 nitrogen and oxygen atoms in total. The first-order chi connectivity index (χ1) is 11.3. The van der Waals surface area contributed by atoms with E-state index in [0.717, 1.165) is 23.8 Å². The molecule has 0 aliphatic heterocycles. The molecule has 1 heterocycles. The molecule has 5 heteroatoms. The van der Waals surface area contributed by atoms with E-state index >= 15 is 0 Å². The van der Waals surface area contributed by atoms with Gasteiger partial charge in [0.15, 0.2) is 0 Å². The summed E-state index contributed by atoms with van der Waals surface area (Å²) < 4.78 is 0. The second kappa shape index (κ2) is 8.20. The third-order valence-electron chi connectivity index (χ3n) is 4.42. The molecule has 1 aromatic heterocycles. The lowest BCUT2D eigenvalue weighted by atomic mass is 9.86. The summed E-state index contributed by atoms with van der Waals surface area (Å²) in [7, 11) is 0. The molecule has 1 aliphatic rings. The minimum Gasteiger partial charge on any atom is -0.301 e. The largest absolute Gasteiger partial charge is 0.301 e. The molecule has 2 aromatic rings. The molecule has 0 bridgehead atoms. The van der Waals surface area contributed by atoms with Crippen LogP contribution in [0.25, 0.3) is 0 Å². The normalized spacial score (nSPS) is 15.5. The Balaban J connectivity index is 1.45. The van der Waals surface area contributed by atoms with Crippen molar-refractivity contribution in [2.45, 2.75) is 51.4 Å². The summed E-state index contributed by atoms with van der Waals surface area (Å²) >= 11 is 1.46. The van der Waals surface area contributed by atoms with Crippen LogP contribution in [0.5, 0.6) is 0 Å². The molecule has 1 N–H and O–H groups in total. The van der Waals surface area contributed by atoms with Crippen LogP contribution in [0.2, 0.25) is 0 Å². The second-order valence-corrected chi connectivity index (χ2v) is 7.32. The third-order valence-corrected chi connectivity index (χ3v) is 5.25. The van der Waals surface area contributed by atoms with Gasteiger partial charge in [0.1, 0.15) is 5.01 Å². The number of nitrogens with zero attached hydrogens (tertiary/aromatic N) is 2. The molecule has 122 valence electrons. The Labute approximate surface area is 141 Å². The summed E-state index contributed by atoms with van der Waals surface area (Å²) in [5, 5.41) is 12.7. The van der Waals surface area contributed by atoms with E-state index in [0.29, 0.717) is 11.6 Å². The van der Waals surface area contributed by atoms with Gasteiger partial charge in [0, 0.05) is 12.8 Å². The molecule has 0 saturated heterocycles. The first-order valence-corrected chi connectivity index (χ1v) is 9.27. The Kier molecular flexibility index (Phi) is 5.75. The van der Waals surface area contributed by atoms with Crippen molar-refractivity contribution in [3.05, 3.63) is 40.9 Å². The van der Waals surface area contributed by atoms with Crippen molar-refractivity contribution in [2.24, 2.45) is 5.92 Å². The lowest BCUT2D eigenvalue weighted by Gasteiger charge is -2.20. The van der Waals surface area contributed by atoms with Gasteiger partial charge in [-0.2, -0.15) is 0 Å². The number of amides is 1. The Hall–Kier alpha value is -1.75. The first-order valence-electron chi connectivity index (χ1n) is 8.46. The van der Waals surface area contributed by atoms with Crippen LogP contribution in [-0.4, -0.2) is 16.1 Å². The zero-order chi connectivity index (χ0) is 15.9. The summed E-state index contributed by atoms with van der Waals surface area (Å²) in [6, 6.07) is 10.2. The van der Waals surface area contributed by atoms with Crippen molar-refractivity contribution in [3.8, 4) is 0 Å². The van der Waals surface area contributed by atoms with Gasteiger partial charge in [0.05, 0.1) is 0 Å². The number of hydrogen-bond donors (Lipinski definition) is 1. The van der Waals surface area contributed by atoms with E-state index in [1.54, 1.807) is 0 Å². The standard InChI is InChI=1S/C18H23N3OS/c22-16(12-11-14-7-3-1-4-8-14)19-18-21-20-17(23-18)13-15-9-5-2-6-10-15/h2,5-6,9-10,14H,1,3-4,7-8,11-13H2,(H,19,21,22).